The van der Waals surface area contributed by atoms with Crippen molar-refractivity contribution in [1.29, 1.82) is 0 Å². The minimum absolute atomic E-state index is 0.930. The first-order valence-corrected chi connectivity index (χ1v) is 5.31. The maximum atomic E-state index is 11.5. The topological polar surface area (TPSA) is 102 Å². The number of hydrogen-bond acceptors (Lipinski definition) is 6. The van der Waals surface area contributed by atoms with Gasteiger partial charge in [-0.05, 0) is 20.8 Å². The number of carbonyl (C=O) groups excluding carboxylic acids is 1. The first-order chi connectivity index (χ1) is 7.83. The fourth-order valence-electron chi connectivity index (χ4n) is 0.885. The van der Waals surface area contributed by atoms with Crippen LogP contribution in [0, 0.1) is 10.1 Å². The quantitative estimate of drug-likeness (QED) is 0.246. The molecule has 0 aromatic carbocycles. The van der Waals surface area contributed by atoms with Gasteiger partial charge in [-0.15, -0.1) is 0 Å². The maximum Gasteiger partial charge on any atom is 0.412 e. The van der Waals surface area contributed by atoms with Crippen LogP contribution in [0.1, 0.15) is 41.5 Å². The molecule has 7 heteroatoms. The molecule has 0 fully saturated rings. The average Bonchev–Trinajstić information content (AvgIpc) is 1.93. The van der Waals surface area contributed by atoms with Crippen molar-refractivity contribution in [2.75, 3.05) is 0 Å². The molecule has 0 aliphatic rings. The van der Waals surface area contributed by atoms with Crippen LogP contribution in [0.15, 0.2) is 11.6 Å². The number of nitrogens with zero attached hydrogens (tertiary/aromatic N) is 1. The van der Waals surface area contributed by atoms with E-state index in [0.29, 0.717) is 0 Å². The first kappa shape index (κ1) is 16.2. The second-order valence-corrected chi connectivity index (χ2v) is 5.61. The third kappa shape index (κ3) is 6.07. The molecule has 0 saturated heterocycles. The molecule has 0 heterocycles. The zero-order valence-electron chi connectivity index (χ0n) is 11.4. The summed E-state index contributed by atoms with van der Waals surface area (Å²) >= 11 is 0. The van der Waals surface area contributed by atoms with Gasteiger partial charge in [0.2, 0.25) is 0 Å². The van der Waals surface area contributed by atoms with E-state index in [-0.39, 0.29) is 0 Å². The highest BCUT2D eigenvalue weighted by atomic mass is 16.7. The summed E-state index contributed by atoms with van der Waals surface area (Å²) in [6, 6.07) is 0. The van der Waals surface area contributed by atoms with Crippen molar-refractivity contribution in [2.24, 2.45) is 0 Å². The molecule has 0 amide bonds. The number of ether oxygens (including phenoxy) is 2. The predicted octanol–water partition coefficient (Wildman–Crippen LogP) is 0.949. The van der Waals surface area contributed by atoms with Crippen LogP contribution < -0.4 is 5.11 Å². The monoisotopic (exact) mass is 260 g/mol. The van der Waals surface area contributed by atoms with E-state index in [2.05, 4.69) is 0 Å². The number of carbonyl (C=O) groups is 1. The van der Waals surface area contributed by atoms with Crippen molar-refractivity contribution in [3.8, 4) is 0 Å². The fourth-order valence-corrected chi connectivity index (χ4v) is 0.885. The number of rotatable bonds is 3. The van der Waals surface area contributed by atoms with Gasteiger partial charge < -0.3 is 14.6 Å². The number of esters is 1. The highest BCUT2D eigenvalue weighted by molar-refractivity contribution is 5.86. The highest BCUT2D eigenvalue weighted by Gasteiger charge is 2.31. The molecule has 0 spiro atoms. The van der Waals surface area contributed by atoms with E-state index >= 15 is 0 Å². The molecule has 0 aliphatic carbocycles. The minimum atomic E-state index is -1.30. The van der Waals surface area contributed by atoms with Gasteiger partial charge in [-0.25, -0.2) is 4.79 Å². The van der Waals surface area contributed by atoms with E-state index in [1.807, 2.05) is 0 Å². The maximum absolute atomic E-state index is 11.5. The Labute approximate surface area is 106 Å². The summed E-state index contributed by atoms with van der Waals surface area (Å²) in [7, 11) is 0. The predicted molar refractivity (Wildman–Crippen MR) is 60.7 cm³/mol. The molecule has 7 nitrogen and oxygen atoms in total. The summed E-state index contributed by atoms with van der Waals surface area (Å²) in [5.74, 6) is -2.61. The van der Waals surface area contributed by atoms with Crippen molar-refractivity contribution in [3.05, 3.63) is 21.8 Å². The molecule has 0 atom stereocenters. The molecular formula is C11H18NO6-. The van der Waals surface area contributed by atoms with Gasteiger partial charge in [0.1, 0.15) is 11.5 Å². The zero-order valence-corrected chi connectivity index (χ0v) is 11.4. The van der Waals surface area contributed by atoms with Gasteiger partial charge in [0.05, 0.1) is 4.92 Å². The molecule has 0 aromatic heterocycles. The largest absolute Gasteiger partial charge is 0.603 e. The van der Waals surface area contributed by atoms with Crippen LogP contribution in [-0.4, -0.2) is 22.1 Å². The average molecular weight is 260 g/mol. The standard InChI is InChI=1S/C11H19NO6/c1-10(2,3)17-8(13)7(12(15)16)9(14)18-11(4,5)6/h13H,1-6H3/p-1. The second-order valence-electron chi connectivity index (χ2n) is 5.61. The van der Waals surface area contributed by atoms with Crippen LogP contribution in [0.25, 0.3) is 0 Å². The van der Waals surface area contributed by atoms with Crippen molar-refractivity contribution < 1.29 is 24.3 Å². The van der Waals surface area contributed by atoms with Gasteiger partial charge in [0.25, 0.3) is 0 Å². The lowest BCUT2D eigenvalue weighted by Crippen LogP contribution is -2.32. The van der Waals surface area contributed by atoms with Crippen LogP contribution in [0.3, 0.4) is 0 Å². The molecule has 0 rings (SSSR count). The molecule has 0 aliphatic heterocycles. The normalized spacial score (nSPS) is 13.7. The smallest absolute Gasteiger partial charge is 0.412 e. The SMILES string of the molecule is CC(C)(C)OC(=O)C(=C([O-])OC(C)(C)C)[N+](=O)[O-]. The lowest BCUT2D eigenvalue weighted by molar-refractivity contribution is -0.455. The van der Waals surface area contributed by atoms with E-state index in [0.717, 1.165) is 0 Å². The van der Waals surface area contributed by atoms with Crippen molar-refractivity contribution in [2.45, 2.75) is 52.7 Å². The lowest BCUT2D eigenvalue weighted by Gasteiger charge is -2.30. The minimum Gasteiger partial charge on any atom is -0.603 e. The Morgan fingerprint density at radius 2 is 1.39 bits per heavy atom. The van der Waals surface area contributed by atoms with Gasteiger partial charge in [-0.2, -0.15) is 0 Å². The molecule has 0 N–H and O–H groups in total. The highest BCUT2D eigenvalue weighted by Crippen LogP contribution is 2.17. The summed E-state index contributed by atoms with van der Waals surface area (Å²) in [4.78, 5) is 21.2. The Bertz CT molecular complexity index is 372. The van der Waals surface area contributed by atoms with E-state index in [9.17, 15) is 20.0 Å². The van der Waals surface area contributed by atoms with Crippen LogP contribution in [-0.2, 0) is 14.3 Å². The van der Waals surface area contributed by atoms with Gasteiger partial charge in [-0.3, -0.25) is 10.1 Å². The Balaban J connectivity index is 5.26. The van der Waals surface area contributed by atoms with Gasteiger partial charge in [0.15, 0.2) is 0 Å². The second kappa shape index (κ2) is 5.24. The van der Waals surface area contributed by atoms with Crippen molar-refractivity contribution in [1.82, 2.24) is 0 Å². The summed E-state index contributed by atoms with van der Waals surface area (Å²) in [6.07, 6.45) is 0. The molecule has 0 radical (unpaired) electrons. The van der Waals surface area contributed by atoms with E-state index in [4.69, 9.17) is 9.47 Å². The lowest BCUT2D eigenvalue weighted by atomic mass is 10.2. The Kier molecular flexibility index (Phi) is 4.72. The van der Waals surface area contributed by atoms with Crippen LogP contribution in [0.4, 0.5) is 0 Å². The summed E-state index contributed by atoms with van der Waals surface area (Å²) in [5.41, 5.74) is -3.08. The van der Waals surface area contributed by atoms with Gasteiger partial charge in [-0.1, -0.05) is 20.8 Å². The first-order valence-electron chi connectivity index (χ1n) is 5.31. The van der Waals surface area contributed by atoms with Crippen molar-refractivity contribution >= 4 is 5.97 Å². The molecule has 0 saturated carbocycles. The van der Waals surface area contributed by atoms with Gasteiger partial charge >= 0.3 is 11.7 Å². The molecule has 0 aromatic rings. The number of nitro groups is 1. The Morgan fingerprint density at radius 3 is 1.67 bits per heavy atom. The molecule has 0 unspecified atom stereocenters. The van der Waals surface area contributed by atoms with Crippen LogP contribution in [0.2, 0.25) is 0 Å². The molecule has 18 heavy (non-hydrogen) atoms. The third-order valence-electron chi connectivity index (χ3n) is 1.37. The summed E-state index contributed by atoms with van der Waals surface area (Å²) < 4.78 is 9.56. The Hall–Kier alpha value is -1.79. The fraction of sp³-hybridized carbons (Fsp3) is 0.727. The van der Waals surface area contributed by atoms with E-state index in [1.165, 1.54) is 41.5 Å². The van der Waals surface area contributed by atoms with Crippen LogP contribution in [0.5, 0.6) is 0 Å². The molecule has 0 bridgehead atoms. The molecular weight excluding hydrogens is 242 g/mol. The summed E-state index contributed by atoms with van der Waals surface area (Å²) in [5, 5.41) is 22.2. The van der Waals surface area contributed by atoms with Crippen LogP contribution >= 0.6 is 0 Å². The molecule has 104 valence electrons. The summed E-state index contributed by atoms with van der Waals surface area (Å²) in [6.45, 7) is 9.24. The number of hydrogen-bond donors (Lipinski definition) is 0. The van der Waals surface area contributed by atoms with E-state index in [1.54, 1.807) is 0 Å². The van der Waals surface area contributed by atoms with E-state index < -0.39 is 33.7 Å². The third-order valence-corrected chi connectivity index (χ3v) is 1.37. The van der Waals surface area contributed by atoms with Gasteiger partial charge in [0, 0.05) is 5.60 Å². The Morgan fingerprint density at radius 1 is 1.00 bits per heavy atom. The van der Waals surface area contributed by atoms with Crippen molar-refractivity contribution in [3.63, 3.8) is 0 Å². The zero-order chi connectivity index (χ0) is 14.7.